The van der Waals surface area contributed by atoms with E-state index in [0.717, 1.165) is 42.3 Å². The van der Waals surface area contributed by atoms with Crippen LogP contribution in [0.1, 0.15) is 53.4 Å². The number of aromatic nitrogens is 2. The molecule has 5 heterocycles. The number of hydrogen-bond acceptors (Lipinski definition) is 8. The van der Waals surface area contributed by atoms with Crippen LogP contribution in [0, 0.1) is 5.82 Å². The zero-order valence-electron chi connectivity index (χ0n) is 20.0. The van der Waals surface area contributed by atoms with Crippen molar-refractivity contribution in [2.24, 2.45) is 5.22 Å². The van der Waals surface area contributed by atoms with Gasteiger partial charge >= 0.3 is 5.84 Å². The monoisotopic (exact) mass is 465 g/mol. The Kier molecular flexibility index (Phi) is 4.63. The third-order valence-electron chi connectivity index (χ3n) is 7.32. The molecular weight excluding hydrogens is 435 g/mol. The van der Waals surface area contributed by atoms with Crippen LogP contribution in [-0.2, 0) is 0 Å². The lowest BCUT2D eigenvalue weighted by Crippen LogP contribution is -2.55. The Bertz CT molecular complexity index is 1220. The summed E-state index contributed by atoms with van der Waals surface area (Å²) < 4.78 is 20.7. The smallest absolute Gasteiger partial charge is 0.391 e. The van der Waals surface area contributed by atoms with E-state index in [-0.39, 0.29) is 17.4 Å². The average molecular weight is 466 g/mol. The van der Waals surface area contributed by atoms with Crippen molar-refractivity contribution < 1.29 is 13.9 Å². The molecule has 4 aliphatic heterocycles. The largest absolute Gasteiger partial charge is 0.471 e. The molecule has 0 aliphatic carbocycles. The zero-order chi connectivity index (χ0) is 23.7. The Morgan fingerprint density at radius 1 is 1.24 bits per heavy atom. The minimum Gasteiger partial charge on any atom is -0.471 e. The standard InChI is InChI=1S/C24H30FN8O/c1-23(2)12-15(10-16-6-5-9-32(16)23)27-20-17(25)13-26-22(29-20)28-14-7-8-19-18(11-14)33-21(30-31-33)24(3,4)34-19/h7-8,11,13,15-16H,5-6,9-10,12H2,1-4H3,(H2,26,27,28,29)/q+1. The number of ether oxygens (including phenoxy) is 1. The van der Waals surface area contributed by atoms with Gasteiger partial charge in [0.25, 0.3) is 0 Å². The molecule has 2 unspecified atom stereocenters. The highest BCUT2D eigenvalue weighted by atomic mass is 19.1. The number of nitrogens with one attached hydrogen (secondary N) is 2. The number of piperidine rings is 1. The van der Waals surface area contributed by atoms with Crippen molar-refractivity contribution in [1.29, 1.82) is 0 Å². The van der Waals surface area contributed by atoms with Gasteiger partial charge in [0.05, 0.1) is 6.20 Å². The first-order chi connectivity index (χ1) is 16.2. The normalized spacial score (nSPS) is 25.9. The summed E-state index contributed by atoms with van der Waals surface area (Å²) in [7, 11) is 0. The van der Waals surface area contributed by atoms with Crippen LogP contribution in [0.5, 0.6) is 5.75 Å². The van der Waals surface area contributed by atoms with E-state index in [2.05, 4.69) is 49.4 Å². The molecule has 2 N–H and O–H groups in total. The van der Waals surface area contributed by atoms with Crippen LogP contribution >= 0.6 is 0 Å². The maximum Gasteiger partial charge on any atom is 0.391 e. The molecule has 0 amide bonds. The lowest BCUT2D eigenvalue weighted by molar-refractivity contribution is -0.146. The number of anilines is 4. The lowest BCUT2D eigenvalue weighted by Gasteiger charge is -2.47. The van der Waals surface area contributed by atoms with E-state index < -0.39 is 11.4 Å². The zero-order valence-corrected chi connectivity index (χ0v) is 20.0. The first-order valence-electron chi connectivity index (χ1n) is 11.9. The molecule has 6 rings (SSSR count). The summed E-state index contributed by atoms with van der Waals surface area (Å²) in [6, 6.07) is 6.38. The third kappa shape index (κ3) is 3.49. The van der Waals surface area contributed by atoms with Crippen LogP contribution in [0.3, 0.4) is 0 Å². The van der Waals surface area contributed by atoms with E-state index in [9.17, 15) is 4.39 Å². The molecule has 0 spiro atoms. The fraction of sp³-hybridized carbons (Fsp3) is 0.542. The summed E-state index contributed by atoms with van der Waals surface area (Å²) in [5.41, 5.74) is 1.10. The molecule has 2 saturated heterocycles. The number of nitrogens with zero attached hydrogens (tertiary/aromatic N) is 6. The number of halogens is 1. The highest BCUT2D eigenvalue weighted by Crippen LogP contribution is 2.42. The van der Waals surface area contributed by atoms with Crippen LogP contribution in [0.2, 0.25) is 0 Å². The van der Waals surface area contributed by atoms with Gasteiger partial charge in [-0.05, 0) is 72.1 Å². The molecule has 9 nitrogen and oxygen atoms in total. The summed E-state index contributed by atoms with van der Waals surface area (Å²) in [6.07, 6.45) is 5.60. The van der Waals surface area contributed by atoms with Gasteiger partial charge < -0.3 is 15.4 Å². The van der Waals surface area contributed by atoms with Gasteiger partial charge in [-0.3, -0.25) is 4.90 Å². The summed E-state index contributed by atoms with van der Waals surface area (Å²) in [5.74, 6) is 1.60. The minimum absolute atomic E-state index is 0.0888. The Hall–Kier alpha value is -3.23. The SMILES string of the molecule is CC1(C)Oc2ccc(Nc3ncc(F)c(NC4CC5CCCN5C(C)(C)C4)n3)cc2N2N=[N+]=C21. The molecule has 178 valence electrons. The molecular formula is C24H30FN8O+. The number of hydrogen-bond donors (Lipinski definition) is 2. The first kappa shape index (κ1) is 21.3. The van der Waals surface area contributed by atoms with E-state index in [1.54, 1.807) is 5.01 Å². The van der Waals surface area contributed by atoms with Gasteiger partial charge in [0.2, 0.25) is 11.5 Å². The van der Waals surface area contributed by atoms with Crippen LogP contribution in [0.25, 0.3) is 0 Å². The number of benzene rings is 1. The van der Waals surface area contributed by atoms with Crippen LogP contribution in [0.15, 0.2) is 29.6 Å². The van der Waals surface area contributed by atoms with Crippen LogP contribution < -0.4 is 20.4 Å². The van der Waals surface area contributed by atoms with Crippen molar-refractivity contribution >= 4 is 29.0 Å². The van der Waals surface area contributed by atoms with E-state index in [1.165, 1.54) is 19.0 Å². The van der Waals surface area contributed by atoms with Gasteiger partial charge in [0.1, 0.15) is 5.22 Å². The predicted octanol–water partition coefficient (Wildman–Crippen LogP) is 4.14. The molecule has 0 radical (unpaired) electrons. The number of amidine groups is 1. The van der Waals surface area contributed by atoms with Gasteiger partial charge in [-0.2, -0.15) is 4.98 Å². The fourth-order valence-corrected chi connectivity index (χ4v) is 5.81. The summed E-state index contributed by atoms with van der Waals surface area (Å²) in [4.78, 5) is 15.3. The van der Waals surface area contributed by atoms with Crippen molar-refractivity contribution in [2.45, 2.75) is 76.6 Å². The second-order valence-electron chi connectivity index (χ2n) is 10.7. The molecule has 10 heteroatoms. The molecule has 4 aliphatic rings. The van der Waals surface area contributed by atoms with Gasteiger partial charge in [0, 0.05) is 29.4 Å². The van der Waals surface area contributed by atoms with Gasteiger partial charge in [-0.1, -0.05) is 5.01 Å². The highest BCUT2D eigenvalue weighted by Gasteiger charge is 2.51. The fourth-order valence-electron chi connectivity index (χ4n) is 5.81. The summed E-state index contributed by atoms with van der Waals surface area (Å²) >= 11 is 0. The van der Waals surface area contributed by atoms with Crippen LogP contribution in [0.4, 0.5) is 27.5 Å². The van der Waals surface area contributed by atoms with Crippen molar-refractivity contribution in [3.8, 4) is 5.75 Å². The van der Waals surface area contributed by atoms with Crippen molar-refractivity contribution in [3.63, 3.8) is 0 Å². The Balaban J connectivity index is 1.20. The van der Waals surface area contributed by atoms with E-state index in [0.29, 0.717) is 12.0 Å². The van der Waals surface area contributed by atoms with Crippen molar-refractivity contribution in [3.05, 3.63) is 30.2 Å². The van der Waals surface area contributed by atoms with E-state index in [4.69, 9.17) is 4.74 Å². The summed E-state index contributed by atoms with van der Waals surface area (Å²) in [6.45, 7) is 9.64. The maximum atomic E-state index is 14.6. The quantitative estimate of drug-likeness (QED) is 0.656. The van der Waals surface area contributed by atoms with E-state index >= 15 is 0 Å². The maximum absolute atomic E-state index is 14.6. The summed E-state index contributed by atoms with van der Waals surface area (Å²) in [5, 5.41) is 12.5. The Morgan fingerprint density at radius 2 is 2.09 bits per heavy atom. The molecule has 1 aromatic carbocycles. The predicted molar refractivity (Wildman–Crippen MR) is 127 cm³/mol. The molecule has 2 atom stereocenters. The van der Waals surface area contributed by atoms with Crippen molar-refractivity contribution in [2.75, 3.05) is 22.2 Å². The Morgan fingerprint density at radius 3 is 2.88 bits per heavy atom. The number of rotatable bonds is 4. The minimum atomic E-state index is -0.534. The molecule has 2 aromatic rings. The third-order valence-corrected chi connectivity index (χ3v) is 7.32. The molecule has 0 bridgehead atoms. The lowest BCUT2D eigenvalue weighted by atomic mass is 9.84. The molecule has 0 saturated carbocycles. The van der Waals surface area contributed by atoms with Gasteiger partial charge in [0.15, 0.2) is 23.1 Å². The first-order valence-corrected chi connectivity index (χ1v) is 11.9. The average Bonchev–Trinajstić information content (AvgIpc) is 3.20. The van der Waals surface area contributed by atoms with Gasteiger partial charge in [-0.15, -0.1) is 4.79 Å². The van der Waals surface area contributed by atoms with Crippen molar-refractivity contribution in [1.82, 2.24) is 14.9 Å². The number of fused-ring (bicyclic) bond motifs is 4. The highest BCUT2D eigenvalue weighted by molar-refractivity contribution is 6.03. The second-order valence-corrected chi connectivity index (χ2v) is 10.7. The Labute approximate surface area is 198 Å². The molecule has 2 fully saturated rings. The van der Waals surface area contributed by atoms with Crippen LogP contribution in [-0.4, -0.2) is 55.3 Å². The molecule has 34 heavy (non-hydrogen) atoms. The van der Waals surface area contributed by atoms with E-state index in [1.807, 2.05) is 32.0 Å². The topological polar surface area (TPSA) is 92.0 Å². The van der Waals surface area contributed by atoms with Gasteiger partial charge in [-0.25, -0.2) is 9.37 Å². The second kappa shape index (κ2) is 7.38. The molecule has 1 aromatic heterocycles.